The monoisotopic (exact) mass is 468 g/mol. The van der Waals surface area contributed by atoms with Crippen LogP contribution in [0.25, 0.3) is 11.1 Å². The fraction of sp³-hybridized carbons (Fsp3) is 0.423. The Morgan fingerprint density at radius 3 is 2.06 bits per heavy atom. The molecule has 0 radical (unpaired) electrons. The van der Waals surface area contributed by atoms with Gasteiger partial charge in [0.25, 0.3) is 0 Å². The van der Waals surface area contributed by atoms with E-state index < -0.39 is 35.7 Å². The van der Waals surface area contributed by atoms with Gasteiger partial charge in [-0.25, -0.2) is 4.79 Å². The molecule has 3 rings (SSSR count). The standard InChI is InChI=1S/C26H32N2O6/c1-4-22(26(2,3)33)28-24(31)21(13-14-23(29)30)27-25(32)34-15-20-18-11-7-5-9-16(18)17-10-6-8-12-19(17)20/h5-12,20-22,33H,4,13-15H2,1-3H3,(H,27,32)(H,28,31)(H,29,30). The minimum absolute atomic E-state index is 0.0778. The van der Waals surface area contributed by atoms with E-state index in [0.29, 0.717) is 6.42 Å². The molecule has 2 atom stereocenters. The fourth-order valence-electron chi connectivity index (χ4n) is 4.37. The predicted octanol–water partition coefficient (Wildman–Crippen LogP) is 3.42. The molecule has 0 aromatic heterocycles. The number of aliphatic hydroxyl groups is 1. The van der Waals surface area contributed by atoms with Gasteiger partial charge in [-0.15, -0.1) is 0 Å². The van der Waals surface area contributed by atoms with E-state index in [1.165, 1.54) is 0 Å². The molecule has 1 aliphatic rings. The van der Waals surface area contributed by atoms with Crippen LogP contribution in [0.2, 0.25) is 0 Å². The zero-order valence-corrected chi connectivity index (χ0v) is 19.7. The van der Waals surface area contributed by atoms with Crippen molar-refractivity contribution in [1.29, 1.82) is 0 Å². The minimum Gasteiger partial charge on any atom is -0.481 e. The Labute approximate surface area is 199 Å². The number of amides is 2. The van der Waals surface area contributed by atoms with Crippen molar-refractivity contribution in [2.24, 2.45) is 0 Å². The molecule has 4 N–H and O–H groups in total. The first-order valence-corrected chi connectivity index (χ1v) is 11.5. The molecule has 0 heterocycles. The molecule has 0 fully saturated rings. The van der Waals surface area contributed by atoms with Crippen LogP contribution in [0.5, 0.6) is 0 Å². The van der Waals surface area contributed by atoms with Crippen LogP contribution in [0.3, 0.4) is 0 Å². The lowest BCUT2D eigenvalue weighted by atomic mass is 9.96. The lowest BCUT2D eigenvalue weighted by molar-refractivity contribution is -0.137. The van der Waals surface area contributed by atoms with Crippen molar-refractivity contribution in [1.82, 2.24) is 10.6 Å². The lowest BCUT2D eigenvalue weighted by Crippen LogP contribution is -2.55. The number of rotatable bonds is 10. The topological polar surface area (TPSA) is 125 Å². The number of carboxylic acid groups (broad SMARTS) is 1. The second kappa shape index (κ2) is 10.7. The van der Waals surface area contributed by atoms with Crippen LogP contribution in [0, 0.1) is 0 Å². The molecule has 2 amide bonds. The van der Waals surface area contributed by atoms with Gasteiger partial charge in [0, 0.05) is 12.3 Å². The molecule has 0 aliphatic heterocycles. The van der Waals surface area contributed by atoms with E-state index in [1.807, 2.05) is 55.5 Å². The molecule has 2 aromatic carbocycles. The SMILES string of the molecule is CCC(NC(=O)C(CCC(=O)O)NC(=O)OCC1c2ccccc2-c2ccccc21)C(C)(C)O. The highest BCUT2D eigenvalue weighted by molar-refractivity contribution is 5.86. The van der Waals surface area contributed by atoms with E-state index >= 15 is 0 Å². The van der Waals surface area contributed by atoms with Crippen LogP contribution < -0.4 is 10.6 Å². The Bertz CT molecular complexity index is 1000. The second-order valence-electron chi connectivity index (χ2n) is 9.08. The fourth-order valence-corrected chi connectivity index (χ4v) is 4.37. The maximum atomic E-state index is 12.8. The third-order valence-electron chi connectivity index (χ3n) is 6.18. The maximum absolute atomic E-state index is 12.8. The van der Waals surface area contributed by atoms with Crippen molar-refractivity contribution >= 4 is 18.0 Å². The maximum Gasteiger partial charge on any atom is 0.407 e. The Morgan fingerprint density at radius 1 is 1.00 bits per heavy atom. The molecule has 8 heteroatoms. The van der Waals surface area contributed by atoms with Gasteiger partial charge in [0.2, 0.25) is 5.91 Å². The lowest BCUT2D eigenvalue weighted by Gasteiger charge is -2.31. The molecule has 34 heavy (non-hydrogen) atoms. The summed E-state index contributed by atoms with van der Waals surface area (Å²) in [5.41, 5.74) is 3.15. The van der Waals surface area contributed by atoms with Gasteiger partial charge in [-0.2, -0.15) is 0 Å². The van der Waals surface area contributed by atoms with Crippen LogP contribution in [-0.2, 0) is 14.3 Å². The van der Waals surface area contributed by atoms with Gasteiger partial charge in [-0.3, -0.25) is 9.59 Å². The van der Waals surface area contributed by atoms with Gasteiger partial charge < -0.3 is 25.6 Å². The molecular weight excluding hydrogens is 436 g/mol. The normalized spacial score (nSPS) is 14.5. The first-order chi connectivity index (χ1) is 16.1. The molecule has 8 nitrogen and oxygen atoms in total. The first-order valence-electron chi connectivity index (χ1n) is 11.5. The van der Waals surface area contributed by atoms with E-state index in [0.717, 1.165) is 22.3 Å². The van der Waals surface area contributed by atoms with Gasteiger partial charge in [0.1, 0.15) is 12.6 Å². The van der Waals surface area contributed by atoms with Gasteiger partial charge in [0.15, 0.2) is 0 Å². The Hall–Kier alpha value is -3.39. The first kappa shape index (κ1) is 25.2. The zero-order chi connectivity index (χ0) is 24.9. The predicted molar refractivity (Wildman–Crippen MR) is 127 cm³/mol. The summed E-state index contributed by atoms with van der Waals surface area (Å²) < 4.78 is 5.50. The number of benzene rings is 2. The van der Waals surface area contributed by atoms with Crippen molar-refractivity contribution in [3.63, 3.8) is 0 Å². The average Bonchev–Trinajstić information content (AvgIpc) is 3.11. The molecule has 0 saturated carbocycles. The summed E-state index contributed by atoms with van der Waals surface area (Å²) in [5.74, 6) is -1.78. The minimum atomic E-state index is -1.18. The largest absolute Gasteiger partial charge is 0.481 e. The molecular formula is C26H32N2O6. The van der Waals surface area contributed by atoms with Crippen molar-refractivity contribution in [3.8, 4) is 11.1 Å². The molecule has 182 valence electrons. The van der Waals surface area contributed by atoms with E-state index in [9.17, 15) is 19.5 Å². The van der Waals surface area contributed by atoms with Gasteiger partial charge >= 0.3 is 12.1 Å². The third-order valence-corrected chi connectivity index (χ3v) is 6.18. The third kappa shape index (κ3) is 5.94. The van der Waals surface area contributed by atoms with Crippen LogP contribution in [0.15, 0.2) is 48.5 Å². The highest BCUT2D eigenvalue weighted by Crippen LogP contribution is 2.44. The number of nitrogens with one attached hydrogen (secondary N) is 2. The molecule has 2 unspecified atom stereocenters. The number of aliphatic carboxylic acids is 1. The van der Waals surface area contributed by atoms with E-state index in [1.54, 1.807) is 13.8 Å². The van der Waals surface area contributed by atoms with Crippen LogP contribution in [0.1, 0.15) is 57.1 Å². The number of carbonyl (C=O) groups excluding carboxylic acids is 2. The summed E-state index contributed by atoms with van der Waals surface area (Å²) in [4.78, 5) is 36.5. The Balaban J connectivity index is 1.68. The van der Waals surface area contributed by atoms with Crippen molar-refractivity contribution in [2.75, 3.05) is 6.61 Å². The number of ether oxygens (including phenoxy) is 1. The number of hydrogen-bond donors (Lipinski definition) is 4. The second-order valence-corrected chi connectivity index (χ2v) is 9.08. The summed E-state index contributed by atoms with van der Waals surface area (Å²) in [6.45, 7) is 5.04. The number of fused-ring (bicyclic) bond motifs is 3. The molecule has 0 saturated heterocycles. The van der Waals surface area contributed by atoms with Crippen LogP contribution in [-0.4, -0.2) is 52.5 Å². The van der Waals surface area contributed by atoms with E-state index in [-0.39, 0.29) is 25.4 Å². The van der Waals surface area contributed by atoms with Crippen LogP contribution >= 0.6 is 0 Å². The summed E-state index contributed by atoms with van der Waals surface area (Å²) >= 11 is 0. The van der Waals surface area contributed by atoms with Crippen LogP contribution in [0.4, 0.5) is 4.79 Å². The molecule has 0 spiro atoms. The summed E-state index contributed by atoms with van der Waals surface area (Å²) in [7, 11) is 0. The quantitative estimate of drug-likeness (QED) is 0.423. The summed E-state index contributed by atoms with van der Waals surface area (Å²) in [6, 6.07) is 14.2. The van der Waals surface area contributed by atoms with E-state index in [4.69, 9.17) is 9.84 Å². The highest BCUT2D eigenvalue weighted by atomic mass is 16.5. The number of hydrogen-bond acceptors (Lipinski definition) is 5. The van der Waals surface area contributed by atoms with Gasteiger partial charge in [-0.05, 0) is 48.9 Å². The molecule has 1 aliphatic carbocycles. The van der Waals surface area contributed by atoms with Crippen molar-refractivity contribution in [2.45, 2.75) is 63.6 Å². The number of carboxylic acids is 1. The van der Waals surface area contributed by atoms with Crippen molar-refractivity contribution in [3.05, 3.63) is 59.7 Å². The Morgan fingerprint density at radius 2 is 1.56 bits per heavy atom. The number of carbonyl (C=O) groups is 3. The summed E-state index contributed by atoms with van der Waals surface area (Å²) in [6.07, 6.45) is -0.746. The smallest absolute Gasteiger partial charge is 0.407 e. The van der Waals surface area contributed by atoms with E-state index in [2.05, 4.69) is 10.6 Å². The van der Waals surface area contributed by atoms with Gasteiger partial charge in [-0.1, -0.05) is 55.5 Å². The van der Waals surface area contributed by atoms with Crippen molar-refractivity contribution < 1.29 is 29.3 Å². The molecule has 2 aromatic rings. The highest BCUT2D eigenvalue weighted by Gasteiger charge is 2.32. The Kier molecular flexibility index (Phi) is 7.94. The van der Waals surface area contributed by atoms with Gasteiger partial charge in [0.05, 0.1) is 11.6 Å². The number of alkyl carbamates (subject to hydrolysis) is 1. The summed E-state index contributed by atoms with van der Waals surface area (Å²) in [5, 5.41) is 24.5. The molecule has 0 bridgehead atoms. The zero-order valence-electron chi connectivity index (χ0n) is 19.7. The average molecular weight is 469 g/mol.